The minimum atomic E-state index is -0.268. The van der Waals surface area contributed by atoms with E-state index in [1.807, 2.05) is 38.4 Å². The minimum Gasteiger partial charge on any atom is -0.368 e. The summed E-state index contributed by atoms with van der Waals surface area (Å²) >= 11 is 0. The van der Waals surface area contributed by atoms with Crippen LogP contribution in [0.25, 0.3) is 0 Å². The maximum absolute atomic E-state index is 12.3. The molecule has 0 unspecified atom stereocenters. The van der Waals surface area contributed by atoms with Gasteiger partial charge in [-0.05, 0) is 37.2 Å². The van der Waals surface area contributed by atoms with Gasteiger partial charge in [0.1, 0.15) is 11.5 Å². The predicted molar refractivity (Wildman–Crippen MR) is 102 cm³/mol. The molecule has 1 heterocycles. The number of hydrogen-bond donors (Lipinski definition) is 2. The molecule has 0 fully saturated rings. The van der Waals surface area contributed by atoms with Gasteiger partial charge < -0.3 is 15.5 Å². The first-order chi connectivity index (χ1) is 11.8. The van der Waals surface area contributed by atoms with Gasteiger partial charge in [-0.2, -0.15) is 0 Å². The van der Waals surface area contributed by atoms with Crippen LogP contribution in [0.15, 0.2) is 36.7 Å². The van der Waals surface area contributed by atoms with Crippen molar-refractivity contribution >= 4 is 17.4 Å². The molecule has 0 saturated heterocycles. The van der Waals surface area contributed by atoms with Crippen LogP contribution in [0, 0.1) is 0 Å². The summed E-state index contributed by atoms with van der Waals surface area (Å²) in [7, 11) is 4.02. The second-order valence-electron chi connectivity index (χ2n) is 7.30. The third-order valence-corrected chi connectivity index (χ3v) is 3.76. The molecule has 0 bridgehead atoms. The number of hydrogen-bond acceptors (Lipinski definition) is 5. The number of nitrogens with zero attached hydrogens (tertiary/aromatic N) is 3. The van der Waals surface area contributed by atoms with E-state index >= 15 is 0 Å². The van der Waals surface area contributed by atoms with Gasteiger partial charge in [0.25, 0.3) is 5.91 Å². The lowest BCUT2D eigenvalue weighted by Gasteiger charge is -2.19. The largest absolute Gasteiger partial charge is 0.368 e. The summed E-state index contributed by atoms with van der Waals surface area (Å²) in [5, 5.41) is 6.01. The summed E-state index contributed by atoms with van der Waals surface area (Å²) in [6, 6.07) is 7.87. The Morgan fingerprint density at radius 2 is 1.76 bits per heavy atom. The Kier molecular flexibility index (Phi) is 6.09. The molecule has 134 valence electrons. The fraction of sp³-hybridized carbons (Fsp3) is 0.421. The van der Waals surface area contributed by atoms with Gasteiger partial charge in [0.2, 0.25) is 0 Å². The van der Waals surface area contributed by atoms with Crippen LogP contribution >= 0.6 is 0 Å². The van der Waals surface area contributed by atoms with Crippen LogP contribution in [0.4, 0.5) is 11.5 Å². The summed E-state index contributed by atoms with van der Waals surface area (Å²) in [5.41, 5.74) is 2.34. The van der Waals surface area contributed by atoms with Gasteiger partial charge in [0, 0.05) is 18.8 Å². The number of likely N-dealkylation sites (N-methyl/N-ethyl adjacent to an activating group) is 1. The molecule has 2 aromatic rings. The Balaban J connectivity index is 1.94. The molecule has 1 aromatic heterocycles. The van der Waals surface area contributed by atoms with Crippen molar-refractivity contribution in [3.05, 3.63) is 47.9 Å². The molecule has 0 aliphatic heterocycles. The number of anilines is 2. The van der Waals surface area contributed by atoms with Crippen LogP contribution < -0.4 is 10.6 Å². The number of amides is 1. The third-order valence-electron chi connectivity index (χ3n) is 3.76. The Morgan fingerprint density at radius 1 is 1.08 bits per heavy atom. The highest BCUT2D eigenvalue weighted by Gasteiger charge is 2.14. The van der Waals surface area contributed by atoms with Crippen molar-refractivity contribution in [1.82, 2.24) is 14.9 Å². The maximum atomic E-state index is 12.3. The fourth-order valence-corrected chi connectivity index (χ4v) is 2.19. The van der Waals surface area contributed by atoms with Crippen molar-refractivity contribution in [2.24, 2.45) is 0 Å². The van der Waals surface area contributed by atoms with E-state index in [1.54, 1.807) is 6.20 Å². The molecule has 0 atom stereocenters. The normalized spacial score (nSPS) is 11.4. The summed E-state index contributed by atoms with van der Waals surface area (Å²) in [4.78, 5) is 22.8. The Labute approximate surface area is 149 Å². The van der Waals surface area contributed by atoms with Crippen LogP contribution in [0.5, 0.6) is 0 Å². The first-order valence-electron chi connectivity index (χ1n) is 8.38. The lowest BCUT2D eigenvalue weighted by atomic mass is 9.87. The molecule has 25 heavy (non-hydrogen) atoms. The van der Waals surface area contributed by atoms with Crippen LogP contribution in [0.3, 0.4) is 0 Å². The molecule has 2 rings (SSSR count). The van der Waals surface area contributed by atoms with Crippen molar-refractivity contribution in [3.63, 3.8) is 0 Å². The summed E-state index contributed by atoms with van der Waals surface area (Å²) in [6.07, 6.45) is 3.06. The predicted octanol–water partition coefficient (Wildman–Crippen LogP) is 3.00. The van der Waals surface area contributed by atoms with Crippen molar-refractivity contribution in [2.75, 3.05) is 37.8 Å². The standard InChI is InChI=1S/C19H27N5O/c1-19(2,3)14-6-8-15(9-7-14)23-18(25)16-12-22-17(13-21-16)20-10-11-24(4)5/h6-9,12-13H,10-11H2,1-5H3,(H,20,22)(H,23,25). The fourth-order valence-electron chi connectivity index (χ4n) is 2.19. The molecule has 0 saturated carbocycles. The first kappa shape index (κ1) is 18.9. The first-order valence-corrected chi connectivity index (χ1v) is 8.38. The topological polar surface area (TPSA) is 70.2 Å². The summed E-state index contributed by atoms with van der Waals surface area (Å²) in [5.74, 6) is 0.392. The lowest BCUT2D eigenvalue weighted by molar-refractivity contribution is 0.102. The maximum Gasteiger partial charge on any atom is 0.275 e. The van der Waals surface area contributed by atoms with E-state index in [4.69, 9.17) is 0 Å². The number of rotatable bonds is 6. The van der Waals surface area contributed by atoms with Crippen LogP contribution in [0.1, 0.15) is 36.8 Å². The molecule has 6 nitrogen and oxygen atoms in total. The Bertz CT molecular complexity index is 687. The second-order valence-corrected chi connectivity index (χ2v) is 7.30. The molecule has 1 aromatic carbocycles. The highest BCUT2D eigenvalue weighted by molar-refractivity contribution is 6.02. The Morgan fingerprint density at radius 3 is 2.28 bits per heavy atom. The quantitative estimate of drug-likeness (QED) is 0.845. The van der Waals surface area contributed by atoms with E-state index in [2.05, 4.69) is 46.3 Å². The van der Waals surface area contributed by atoms with E-state index in [9.17, 15) is 4.79 Å². The summed E-state index contributed by atoms with van der Waals surface area (Å²) < 4.78 is 0. The van der Waals surface area contributed by atoms with Crippen molar-refractivity contribution in [3.8, 4) is 0 Å². The molecule has 1 amide bonds. The number of nitrogens with one attached hydrogen (secondary N) is 2. The second kappa shape index (κ2) is 8.07. The summed E-state index contributed by atoms with van der Waals surface area (Å²) in [6.45, 7) is 8.14. The lowest BCUT2D eigenvalue weighted by Crippen LogP contribution is -2.21. The molecule has 0 aliphatic rings. The Hall–Kier alpha value is -2.47. The molecular weight excluding hydrogens is 314 g/mol. The van der Waals surface area contributed by atoms with Crippen molar-refractivity contribution in [1.29, 1.82) is 0 Å². The van der Waals surface area contributed by atoms with Gasteiger partial charge in [-0.3, -0.25) is 4.79 Å². The van der Waals surface area contributed by atoms with Crippen LogP contribution in [-0.4, -0.2) is 48.0 Å². The van der Waals surface area contributed by atoms with Crippen LogP contribution in [-0.2, 0) is 5.41 Å². The molecular formula is C19H27N5O. The van der Waals surface area contributed by atoms with Gasteiger partial charge in [0.05, 0.1) is 12.4 Å². The van der Waals surface area contributed by atoms with Gasteiger partial charge in [-0.25, -0.2) is 9.97 Å². The van der Waals surface area contributed by atoms with Gasteiger partial charge in [-0.1, -0.05) is 32.9 Å². The monoisotopic (exact) mass is 341 g/mol. The van der Waals surface area contributed by atoms with Crippen molar-refractivity contribution < 1.29 is 4.79 Å². The van der Waals surface area contributed by atoms with Gasteiger partial charge in [0.15, 0.2) is 0 Å². The number of benzene rings is 1. The average Bonchev–Trinajstić information content (AvgIpc) is 2.55. The zero-order chi connectivity index (χ0) is 18.4. The zero-order valence-electron chi connectivity index (χ0n) is 15.6. The number of aromatic nitrogens is 2. The molecule has 0 radical (unpaired) electrons. The third kappa shape index (κ3) is 5.83. The highest BCUT2D eigenvalue weighted by Crippen LogP contribution is 2.23. The van der Waals surface area contributed by atoms with Crippen molar-refractivity contribution in [2.45, 2.75) is 26.2 Å². The number of carbonyl (C=O) groups excluding carboxylic acids is 1. The van der Waals surface area contributed by atoms with Crippen LogP contribution in [0.2, 0.25) is 0 Å². The number of carbonyl (C=O) groups is 1. The SMILES string of the molecule is CN(C)CCNc1cnc(C(=O)Nc2ccc(C(C)(C)C)cc2)cn1. The highest BCUT2D eigenvalue weighted by atomic mass is 16.1. The van der Waals surface area contributed by atoms with E-state index in [1.165, 1.54) is 11.8 Å². The van der Waals surface area contributed by atoms with E-state index < -0.39 is 0 Å². The van der Waals surface area contributed by atoms with E-state index in [0.29, 0.717) is 5.82 Å². The molecule has 2 N–H and O–H groups in total. The average molecular weight is 341 g/mol. The van der Waals surface area contributed by atoms with Gasteiger partial charge >= 0.3 is 0 Å². The molecule has 0 spiro atoms. The zero-order valence-corrected chi connectivity index (χ0v) is 15.6. The van der Waals surface area contributed by atoms with E-state index in [-0.39, 0.29) is 17.0 Å². The van der Waals surface area contributed by atoms with Gasteiger partial charge in [-0.15, -0.1) is 0 Å². The molecule has 0 aliphatic carbocycles. The van der Waals surface area contributed by atoms with E-state index in [0.717, 1.165) is 18.8 Å². The minimum absolute atomic E-state index is 0.0867. The smallest absolute Gasteiger partial charge is 0.275 e. The molecule has 6 heteroatoms.